The Bertz CT molecular complexity index is 536. The fourth-order valence-electron chi connectivity index (χ4n) is 4.63. The Balaban J connectivity index is 1.77. The number of benzene rings is 1. The Kier molecular flexibility index (Phi) is 4.42. The van der Waals surface area contributed by atoms with Crippen LogP contribution in [0.15, 0.2) is 42.0 Å². The molecule has 1 aliphatic carbocycles. The molecular formula is C20H28O2. The second-order valence-corrected chi connectivity index (χ2v) is 7.28. The summed E-state index contributed by atoms with van der Waals surface area (Å²) in [5.41, 5.74) is 2.73. The number of hydrogen-bond donors (Lipinski definition) is 1. The summed E-state index contributed by atoms with van der Waals surface area (Å²) < 4.78 is 6.27. The lowest BCUT2D eigenvalue weighted by Crippen LogP contribution is -2.56. The zero-order chi connectivity index (χ0) is 15.7. The average Bonchev–Trinajstić information content (AvgIpc) is 2.52. The van der Waals surface area contributed by atoms with Crippen molar-refractivity contribution in [1.82, 2.24) is 0 Å². The van der Waals surface area contributed by atoms with Gasteiger partial charge in [0.05, 0.1) is 19.3 Å². The molecule has 1 saturated heterocycles. The molecular weight excluding hydrogens is 272 g/mol. The molecule has 1 aromatic carbocycles. The summed E-state index contributed by atoms with van der Waals surface area (Å²) in [5, 5.41) is 10.0. The third-order valence-electron chi connectivity index (χ3n) is 6.21. The maximum atomic E-state index is 10.0. The van der Waals surface area contributed by atoms with Crippen molar-refractivity contribution >= 4 is 0 Å². The Labute approximate surface area is 134 Å². The number of aliphatic hydroxyl groups excluding tert-OH is 1. The lowest BCUT2D eigenvalue weighted by atomic mass is 9.56. The fraction of sp³-hybridized carbons (Fsp3) is 0.600. The minimum Gasteiger partial charge on any atom is -0.396 e. The molecule has 1 fully saturated rings. The summed E-state index contributed by atoms with van der Waals surface area (Å²) in [5.74, 6) is 1.31. The molecule has 0 amide bonds. The number of hydrogen-bond acceptors (Lipinski definition) is 2. The number of aryl methyl sites for hydroxylation is 1. The van der Waals surface area contributed by atoms with Crippen molar-refractivity contribution in [3.05, 3.63) is 47.5 Å². The van der Waals surface area contributed by atoms with Gasteiger partial charge in [-0.15, -0.1) is 0 Å². The molecule has 2 nitrogen and oxygen atoms in total. The van der Waals surface area contributed by atoms with E-state index in [2.05, 4.69) is 57.2 Å². The fourth-order valence-corrected chi connectivity index (χ4v) is 4.63. The first-order valence-electron chi connectivity index (χ1n) is 8.53. The lowest BCUT2D eigenvalue weighted by molar-refractivity contribution is -0.164. The molecule has 22 heavy (non-hydrogen) atoms. The second-order valence-electron chi connectivity index (χ2n) is 7.28. The van der Waals surface area contributed by atoms with Crippen LogP contribution in [0.25, 0.3) is 0 Å². The van der Waals surface area contributed by atoms with Gasteiger partial charge < -0.3 is 9.84 Å². The number of allylic oxidation sites excluding steroid dienone is 1. The molecule has 2 heteroatoms. The molecule has 3 rings (SSSR count). The Hall–Kier alpha value is -1.12. The zero-order valence-electron chi connectivity index (χ0n) is 14.0. The van der Waals surface area contributed by atoms with Crippen LogP contribution in [-0.2, 0) is 11.2 Å². The third kappa shape index (κ3) is 2.53. The topological polar surface area (TPSA) is 29.5 Å². The molecule has 2 bridgehead atoms. The Morgan fingerprint density at radius 2 is 1.95 bits per heavy atom. The highest BCUT2D eigenvalue weighted by Crippen LogP contribution is 2.52. The zero-order valence-corrected chi connectivity index (χ0v) is 14.0. The van der Waals surface area contributed by atoms with Crippen LogP contribution in [0.2, 0.25) is 0 Å². The highest BCUT2D eigenvalue weighted by atomic mass is 16.5. The largest absolute Gasteiger partial charge is 0.396 e. The van der Waals surface area contributed by atoms with Gasteiger partial charge in [0.15, 0.2) is 0 Å². The van der Waals surface area contributed by atoms with E-state index in [0.717, 1.165) is 12.8 Å². The van der Waals surface area contributed by atoms with Crippen LogP contribution >= 0.6 is 0 Å². The SMILES string of the molecule is CC1=C[C@@H](C)[C@@]2(CO)CO[C@H](CCc3ccccc3)[C@@H]1[C@@H]2C. The van der Waals surface area contributed by atoms with E-state index in [1.807, 2.05) is 0 Å². The second kappa shape index (κ2) is 6.17. The van der Waals surface area contributed by atoms with Crippen LogP contribution < -0.4 is 0 Å². The summed E-state index contributed by atoms with van der Waals surface area (Å²) in [6, 6.07) is 10.6. The van der Waals surface area contributed by atoms with Crippen molar-refractivity contribution < 1.29 is 9.84 Å². The molecule has 0 unspecified atom stereocenters. The minimum absolute atomic E-state index is 0.0899. The molecule has 5 atom stereocenters. The number of ether oxygens (including phenoxy) is 1. The van der Waals surface area contributed by atoms with Gasteiger partial charge in [0.1, 0.15) is 0 Å². The van der Waals surface area contributed by atoms with E-state index in [1.165, 1.54) is 11.1 Å². The number of aliphatic hydroxyl groups is 1. The van der Waals surface area contributed by atoms with Gasteiger partial charge in [0.25, 0.3) is 0 Å². The molecule has 0 spiro atoms. The van der Waals surface area contributed by atoms with Gasteiger partial charge in [0, 0.05) is 11.3 Å². The summed E-state index contributed by atoms with van der Waals surface area (Å²) in [6.45, 7) is 7.68. The highest BCUT2D eigenvalue weighted by Gasteiger charge is 2.52. The van der Waals surface area contributed by atoms with Crippen LogP contribution in [0.1, 0.15) is 32.8 Å². The van der Waals surface area contributed by atoms with E-state index in [0.29, 0.717) is 24.4 Å². The van der Waals surface area contributed by atoms with E-state index in [9.17, 15) is 5.11 Å². The Morgan fingerprint density at radius 3 is 2.64 bits per heavy atom. The maximum absolute atomic E-state index is 10.0. The normalized spacial score (nSPS) is 37.7. The van der Waals surface area contributed by atoms with Gasteiger partial charge in [-0.3, -0.25) is 0 Å². The van der Waals surface area contributed by atoms with Gasteiger partial charge in [-0.05, 0) is 37.2 Å². The first-order valence-corrected chi connectivity index (χ1v) is 8.53. The van der Waals surface area contributed by atoms with E-state index < -0.39 is 0 Å². The van der Waals surface area contributed by atoms with Crippen LogP contribution in [0, 0.1) is 23.2 Å². The van der Waals surface area contributed by atoms with Crippen molar-refractivity contribution in [2.45, 2.75) is 39.7 Å². The standard InChI is InChI=1S/C20H28O2/c1-14-11-15(2)20(12-21)13-22-18(19(14)16(20)3)10-9-17-7-5-4-6-8-17/h4-8,11,15-16,18-19,21H,9-10,12-13H2,1-3H3/t15-,16+,18-,19+,20-/m1/s1. The quantitative estimate of drug-likeness (QED) is 0.856. The van der Waals surface area contributed by atoms with Crippen molar-refractivity contribution in [1.29, 1.82) is 0 Å². The third-order valence-corrected chi connectivity index (χ3v) is 6.21. The number of fused-ring (bicyclic) bond motifs is 2. The van der Waals surface area contributed by atoms with Gasteiger partial charge in [-0.2, -0.15) is 0 Å². The lowest BCUT2D eigenvalue weighted by Gasteiger charge is -2.55. The van der Waals surface area contributed by atoms with Crippen LogP contribution in [0.4, 0.5) is 0 Å². The van der Waals surface area contributed by atoms with Gasteiger partial charge >= 0.3 is 0 Å². The summed E-state index contributed by atoms with van der Waals surface area (Å²) in [7, 11) is 0. The summed E-state index contributed by atoms with van der Waals surface area (Å²) >= 11 is 0. The molecule has 1 heterocycles. The molecule has 0 radical (unpaired) electrons. The van der Waals surface area contributed by atoms with Crippen molar-refractivity contribution in [3.8, 4) is 0 Å². The molecule has 1 aromatic rings. The first kappa shape index (κ1) is 15.8. The van der Waals surface area contributed by atoms with Gasteiger partial charge in [0.2, 0.25) is 0 Å². The summed E-state index contributed by atoms with van der Waals surface area (Å²) in [4.78, 5) is 0. The number of rotatable bonds is 4. The predicted octanol–water partition coefficient (Wildman–Crippen LogP) is 3.85. The molecule has 0 aromatic heterocycles. The average molecular weight is 300 g/mol. The van der Waals surface area contributed by atoms with E-state index >= 15 is 0 Å². The minimum atomic E-state index is -0.0899. The van der Waals surface area contributed by atoms with Crippen LogP contribution in [-0.4, -0.2) is 24.4 Å². The monoisotopic (exact) mass is 300 g/mol. The van der Waals surface area contributed by atoms with Crippen molar-refractivity contribution in [3.63, 3.8) is 0 Å². The van der Waals surface area contributed by atoms with Crippen LogP contribution in [0.3, 0.4) is 0 Å². The van der Waals surface area contributed by atoms with Gasteiger partial charge in [-0.1, -0.05) is 55.8 Å². The van der Waals surface area contributed by atoms with E-state index in [-0.39, 0.29) is 18.1 Å². The van der Waals surface area contributed by atoms with Gasteiger partial charge in [-0.25, -0.2) is 0 Å². The van der Waals surface area contributed by atoms with E-state index in [1.54, 1.807) is 0 Å². The highest BCUT2D eigenvalue weighted by molar-refractivity contribution is 5.21. The molecule has 0 saturated carbocycles. The molecule has 120 valence electrons. The molecule has 1 N–H and O–H groups in total. The predicted molar refractivity (Wildman–Crippen MR) is 89.6 cm³/mol. The molecule has 2 aliphatic rings. The first-order chi connectivity index (χ1) is 10.6. The summed E-state index contributed by atoms with van der Waals surface area (Å²) in [6.07, 6.45) is 4.77. The molecule has 1 aliphatic heterocycles. The van der Waals surface area contributed by atoms with Crippen LogP contribution in [0.5, 0.6) is 0 Å². The van der Waals surface area contributed by atoms with Crippen molar-refractivity contribution in [2.75, 3.05) is 13.2 Å². The Morgan fingerprint density at radius 1 is 1.23 bits per heavy atom. The smallest absolute Gasteiger partial charge is 0.0646 e. The maximum Gasteiger partial charge on any atom is 0.0646 e. The van der Waals surface area contributed by atoms with Crippen molar-refractivity contribution in [2.24, 2.45) is 23.2 Å². The van der Waals surface area contributed by atoms with E-state index in [4.69, 9.17) is 4.74 Å².